The first kappa shape index (κ1) is 17.9. The molecule has 1 unspecified atom stereocenters. The highest BCUT2D eigenvalue weighted by Gasteiger charge is 2.19. The van der Waals surface area contributed by atoms with E-state index in [2.05, 4.69) is 15.9 Å². The fourth-order valence-corrected chi connectivity index (χ4v) is 3.11. The number of hydrogen-bond donors (Lipinski definition) is 1. The molecular weight excluding hydrogens is 384 g/mol. The van der Waals surface area contributed by atoms with Crippen molar-refractivity contribution in [1.29, 1.82) is 0 Å². The summed E-state index contributed by atoms with van der Waals surface area (Å²) in [5.41, 5.74) is 0.954. The van der Waals surface area contributed by atoms with Crippen molar-refractivity contribution in [2.75, 3.05) is 13.2 Å². The van der Waals surface area contributed by atoms with E-state index >= 15 is 0 Å². The minimum atomic E-state index is -3.88. The van der Waals surface area contributed by atoms with Crippen LogP contribution in [-0.4, -0.2) is 32.8 Å². The summed E-state index contributed by atoms with van der Waals surface area (Å²) in [4.78, 5) is 0.0715. The molecule has 2 rings (SSSR count). The third-order valence-corrected chi connectivity index (χ3v) is 4.81. The van der Waals surface area contributed by atoms with Gasteiger partial charge in [0.15, 0.2) is 0 Å². The Labute approximate surface area is 144 Å². The summed E-state index contributed by atoms with van der Waals surface area (Å²) in [5.74, 6) is 0.509. The molecule has 0 radical (unpaired) electrons. The van der Waals surface area contributed by atoms with Crippen molar-refractivity contribution >= 4 is 26.0 Å². The Morgan fingerprint density at radius 2 is 1.87 bits per heavy atom. The predicted molar refractivity (Wildman–Crippen MR) is 90.0 cm³/mol. The lowest BCUT2D eigenvalue weighted by Crippen LogP contribution is -2.28. The van der Waals surface area contributed by atoms with Crippen molar-refractivity contribution in [3.8, 4) is 5.75 Å². The Bertz CT molecular complexity index is 743. The van der Waals surface area contributed by atoms with E-state index in [1.54, 1.807) is 30.3 Å². The van der Waals surface area contributed by atoms with E-state index in [1.807, 2.05) is 13.0 Å². The third-order valence-electron chi connectivity index (χ3n) is 3.02. The molecule has 0 spiro atoms. The molecule has 2 aromatic rings. The zero-order valence-corrected chi connectivity index (χ0v) is 14.9. The van der Waals surface area contributed by atoms with Crippen molar-refractivity contribution in [3.05, 3.63) is 58.6 Å². The van der Waals surface area contributed by atoms with Crippen LogP contribution in [0.2, 0.25) is 0 Å². The van der Waals surface area contributed by atoms with Crippen molar-refractivity contribution < 1.29 is 22.4 Å². The van der Waals surface area contributed by atoms with Gasteiger partial charge in [0.1, 0.15) is 18.5 Å². The van der Waals surface area contributed by atoms with Gasteiger partial charge >= 0.3 is 0 Å². The Hall–Kier alpha value is -1.41. The number of rotatable bonds is 7. The molecule has 0 saturated heterocycles. The number of aliphatic hydroxyl groups is 1. The lowest BCUT2D eigenvalue weighted by Gasteiger charge is -2.17. The normalized spacial score (nSPS) is 12.8. The summed E-state index contributed by atoms with van der Waals surface area (Å²) in [6.07, 6.45) is -0.787. The van der Waals surface area contributed by atoms with E-state index in [0.717, 1.165) is 10.0 Å². The molecular formula is C16H17BrO5S. The highest BCUT2D eigenvalue weighted by atomic mass is 79.9. The molecule has 0 bridgehead atoms. The molecule has 0 amide bonds. The Balaban J connectivity index is 2.00. The smallest absolute Gasteiger partial charge is 0.297 e. The molecule has 2 aromatic carbocycles. The average Bonchev–Trinajstić information content (AvgIpc) is 2.52. The van der Waals surface area contributed by atoms with Crippen molar-refractivity contribution in [1.82, 2.24) is 0 Å². The molecule has 1 atom stereocenters. The van der Waals surface area contributed by atoms with E-state index in [-0.39, 0.29) is 18.1 Å². The fraction of sp³-hybridized carbons (Fsp3) is 0.250. The molecule has 1 N–H and O–H groups in total. The number of aryl methyl sites for hydroxylation is 1. The maximum atomic E-state index is 12.1. The second-order valence-electron chi connectivity index (χ2n) is 4.93. The van der Waals surface area contributed by atoms with Crippen LogP contribution in [0.5, 0.6) is 5.75 Å². The Morgan fingerprint density at radius 1 is 1.17 bits per heavy atom. The number of hydrogen-bond acceptors (Lipinski definition) is 5. The molecule has 0 aliphatic heterocycles. The van der Waals surface area contributed by atoms with Crippen molar-refractivity contribution in [2.45, 2.75) is 17.9 Å². The van der Waals surface area contributed by atoms with Crippen LogP contribution < -0.4 is 4.74 Å². The maximum absolute atomic E-state index is 12.1. The molecule has 0 aliphatic carbocycles. The van der Waals surface area contributed by atoms with Gasteiger partial charge in [0.05, 0.1) is 11.5 Å². The summed E-state index contributed by atoms with van der Waals surface area (Å²) in [5, 5.41) is 9.35. The van der Waals surface area contributed by atoms with E-state index in [9.17, 15) is 13.5 Å². The van der Waals surface area contributed by atoms with E-state index < -0.39 is 16.2 Å². The van der Waals surface area contributed by atoms with Crippen LogP contribution in [0.1, 0.15) is 5.56 Å². The number of halogens is 1. The summed E-state index contributed by atoms with van der Waals surface area (Å²) in [6.45, 7) is 1.22. The fourth-order valence-electron chi connectivity index (χ4n) is 1.80. The number of ether oxygens (including phenoxy) is 1. The first-order valence-corrected chi connectivity index (χ1v) is 9.10. The largest absolute Gasteiger partial charge is 0.486 e. The van der Waals surface area contributed by atoms with E-state index in [0.29, 0.717) is 5.75 Å². The lowest BCUT2D eigenvalue weighted by molar-refractivity contribution is 0.0740. The summed E-state index contributed by atoms with van der Waals surface area (Å²) >= 11 is 3.31. The van der Waals surface area contributed by atoms with Gasteiger partial charge in [0.25, 0.3) is 10.1 Å². The lowest BCUT2D eigenvalue weighted by atomic mass is 10.2. The predicted octanol–water partition coefficient (Wildman–Crippen LogP) is 2.90. The monoisotopic (exact) mass is 400 g/mol. The van der Waals surface area contributed by atoms with Crippen LogP contribution in [0.25, 0.3) is 0 Å². The highest BCUT2D eigenvalue weighted by Crippen LogP contribution is 2.20. The van der Waals surface area contributed by atoms with Gasteiger partial charge in [0, 0.05) is 4.47 Å². The highest BCUT2D eigenvalue weighted by molar-refractivity contribution is 9.10. The third kappa shape index (κ3) is 5.31. The summed E-state index contributed by atoms with van der Waals surface area (Å²) in [7, 11) is -3.88. The SMILES string of the molecule is Cc1ccc(S(=O)(=O)OCC(CO)Oc2cccc(Br)c2)cc1. The first-order chi connectivity index (χ1) is 10.9. The summed E-state index contributed by atoms with van der Waals surface area (Å²) < 4.78 is 35.5. The standard InChI is InChI=1S/C16H17BrO5S/c1-12-5-7-16(8-6-12)23(19,20)21-11-15(10-18)22-14-4-2-3-13(17)9-14/h2-9,15,18H,10-11H2,1H3. The zero-order valence-electron chi connectivity index (χ0n) is 12.5. The Kier molecular flexibility index (Phi) is 6.17. The second-order valence-corrected chi connectivity index (χ2v) is 7.46. The maximum Gasteiger partial charge on any atom is 0.297 e. The van der Waals surface area contributed by atoms with Gasteiger partial charge in [-0.3, -0.25) is 4.18 Å². The van der Waals surface area contributed by atoms with Gasteiger partial charge in [-0.05, 0) is 37.3 Å². The molecule has 5 nitrogen and oxygen atoms in total. The minimum absolute atomic E-state index is 0.0715. The van der Waals surface area contributed by atoms with Crippen molar-refractivity contribution in [3.63, 3.8) is 0 Å². The van der Waals surface area contributed by atoms with Gasteiger partial charge in [-0.25, -0.2) is 0 Å². The molecule has 0 fully saturated rings. The second kappa shape index (κ2) is 7.92. The van der Waals surface area contributed by atoms with Crippen molar-refractivity contribution in [2.24, 2.45) is 0 Å². The van der Waals surface area contributed by atoms with Crippen LogP contribution in [0, 0.1) is 6.92 Å². The topological polar surface area (TPSA) is 72.8 Å². The van der Waals surface area contributed by atoms with Crippen LogP contribution >= 0.6 is 15.9 Å². The number of aliphatic hydroxyl groups excluding tert-OH is 1. The van der Waals surface area contributed by atoms with Gasteiger partial charge in [-0.2, -0.15) is 8.42 Å². The van der Waals surface area contributed by atoms with Crippen LogP contribution in [-0.2, 0) is 14.3 Å². The van der Waals surface area contributed by atoms with Crippen LogP contribution in [0.15, 0.2) is 57.9 Å². The average molecular weight is 401 g/mol. The molecule has 0 saturated carbocycles. The molecule has 0 heterocycles. The quantitative estimate of drug-likeness (QED) is 0.723. The van der Waals surface area contributed by atoms with E-state index in [1.165, 1.54) is 12.1 Å². The first-order valence-electron chi connectivity index (χ1n) is 6.90. The van der Waals surface area contributed by atoms with Crippen LogP contribution in [0.3, 0.4) is 0 Å². The molecule has 0 aliphatic rings. The van der Waals surface area contributed by atoms with Gasteiger partial charge in [-0.1, -0.05) is 39.7 Å². The minimum Gasteiger partial charge on any atom is -0.486 e. The molecule has 7 heteroatoms. The molecule has 0 aromatic heterocycles. The van der Waals surface area contributed by atoms with Gasteiger partial charge in [-0.15, -0.1) is 0 Å². The molecule has 23 heavy (non-hydrogen) atoms. The Morgan fingerprint density at radius 3 is 2.48 bits per heavy atom. The van der Waals surface area contributed by atoms with E-state index in [4.69, 9.17) is 8.92 Å². The summed E-state index contributed by atoms with van der Waals surface area (Å²) in [6, 6.07) is 13.4. The van der Waals surface area contributed by atoms with Gasteiger partial charge in [0.2, 0.25) is 0 Å². The van der Waals surface area contributed by atoms with Gasteiger partial charge < -0.3 is 9.84 Å². The van der Waals surface area contributed by atoms with Crippen LogP contribution in [0.4, 0.5) is 0 Å². The molecule has 124 valence electrons. The zero-order chi connectivity index (χ0) is 16.9. The number of benzene rings is 2.